The fourth-order valence-corrected chi connectivity index (χ4v) is 5.39. The molecule has 0 bridgehead atoms. The van der Waals surface area contributed by atoms with Crippen LogP contribution in [-0.4, -0.2) is 27.3 Å². The number of carboxylic acid groups (broad SMARTS) is 1. The second-order valence-electron chi connectivity index (χ2n) is 9.81. The van der Waals surface area contributed by atoms with Crippen LogP contribution in [0.5, 0.6) is 0 Å². The molecule has 1 heterocycles. The fraction of sp³-hybridized carbons (Fsp3) is 0.276. The lowest BCUT2D eigenvalue weighted by Gasteiger charge is -2.35. The van der Waals surface area contributed by atoms with Crippen LogP contribution in [0.3, 0.4) is 0 Å². The fourth-order valence-electron chi connectivity index (χ4n) is 5.39. The van der Waals surface area contributed by atoms with Crippen molar-refractivity contribution in [2.45, 2.75) is 44.7 Å². The molecule has 2 aliphatic rings. The largest absolute Gasteiger partial charge is 0.481 e. The first-order valence-electron chi connectivity index (χ1n) is 12.3. The van der Waals surface area contributed by atoms with Crippen LogP contribution in [0, 0.1) is 18.7 Å². The van der Waals surface area contributed by atoms with Crippen LogP contribution in [0.2, 0.25) is 0 Å². The number of nitrogens with zero attached hydrogens (tertiary/aromatic N) is 2. The van der Waals surface area contributed by atoms with E-state index in [4.69, 9.17) is 9.63 Å². The molecule has 7 heteroatoms. The summed E-state index contributed by atoms with van der Waals surface area (Å²) >= 11 is 0. The van der Waals surface area contributed by atoms with Gasteiger partial charge in [0.2, 0.25) is 5.82 Å². The maximum atomic E-state index is 15.1. The molecule has 0 amide bonds. The molecule has 0 aliphatic heterocycles. The van der Waals surface area contributed by atoms with E-state index in [0.717, 1.165) is 35.1 Å². The molecule has 6 nitrogen and oxygen atoms in total. The van der Waals surface area contributed by atoms with Gasteiger partial charge in [-0.1, -0.05) is 47.6 Å². The smallest absolute Gasteiger partial charge is 0.306 e. The predicted octanol–water partition coefficient (Wildman–Crippen LogP) is 5.96. The number of fused-ring (bicyclic) bond motifs is 1. The second-order valence-corrected chi connectivity index (χ2v) is 9.81. The number of aromatic nitrogens is 2. The van der Waals surface area contributed by atoms with Gasteiger partial charge in [0.05, 0.1) is 11.5 Å². The molecule has 0 saturated heterocycles. The Hall–Kier alpha value is -3.84. The standard InChI is InChI=1S/C29H26FN3O3/c1-16-11-24(25(30)15-23(16)17-5-3-2-4-6-17)28-32-27(33-36-28)19-7-9-22-18(12-19)8-10-26(22)31-21-13-20(14-21)29(34)35/h2-7,9,11-12,15,20-21,26,31H,8,10,13-14H2,1H3,(H,34,35). The molecular weight excluding hydrogens is 457 g/mol. The quantitative estimate of drug-likeness (QED) is 0.352. The lowest BCUT2D eigenvalue weighted by atomic mass is 9.80. The molecule has 182 valence electrons. The van der Waals surface area contributed by atoms with Crippen LogP contribution in [-0.2, 0) is 11.2 Å². The van der Waals surface area contributed by atoms with E-state index in [0.29, 0.717) is 18.7 Å². The van der Waals surface area contributed by atoms with Crippen molar-refractivity contribution in [2.24, 2.45) is 5.92 Å². The van der Waals surface area contributed by atoms with Gasteiger partial charge >= 0.3 is 5.97 Å². The zero-order valence-corrected chi connectivity index (χ0v) is 19.9. The predicted molar refractivity (Wildman–Crippen MR) is 134 cm³/mol. The number of nitrogens with one attached hydrogen (secondary N) is 1. The third-order valence-corrected chi connectivity index (χ3v) is 7.46. The van der Waals surface area contributed by atoms with E-state index in [-0.39, 0.29) is 29.5 Å². The monoisotopic (exact) mass is 483 g/mol. The van der Waals surface area contributed by atoms with E-state index >= 15 is 4.39 Å². The summed E-state index contributed by atoms with van der Waals surface area (Å²) in [4.78, 5) is 15.6. The maximum absolute atomic E-state index is 15.1. The van der Waals surface area contributed by atoms with Crippen LogP contribution < -0.4 is 5.32 Å². The second kappa shape index (κ2) is 8.99. The number of benzene rings is 3. The molecule has 2 aliphatic carbocycles. The first-order chi connectivity index (χ1) is 17.5. The summed E-state index contributed by atoms with van der Waals surface area (Å²) in [5, 5.41) is 16.8. The average molecular weight is 484 g/mol. The van der Waals surface area contributed by atoms with Gasteiger partial charge in [0.25, 0.3) is 5.89 Å². The third kappa shape index (κ3) is 4.09. The molecule has 1 fully saturated rings. The Labute approximate surface area is 208 Å². The van der Waals surface area contributed by atoms with E-state index in [9.17, 15) is 4.79 Å². The van der Waals surface area contributed by atoms with Crippen molar-refractivity contribution in [2.75, 3.05) is 0 Å². The van der Waals surface area contributed by atoms with Crippen molar-refractivity contribution in [1.82, 2.24) is 15.5 Å². The molecule has 3 aromatic carbocycles. The first kappa shape index (κ1) is 22.6. The minimum absolute atomic E-state index is 0.156. The van der Waals surface area contributed by atoms with Crippen molar-refractivity contribution >= 4 is 5.97 Å². The van der Waals surface area contributed by atoms with E-state index in [2.05, 4.69) is 27.6 Å². The Morgan fingerprint density at radius 1 is 1.06 bits per heavy atom. The van der Waals surface area contributed by atoms with E-state index in [1.807, 2.05) is 43.3 Å². The molecule has 1 aromatic heterocycles. The molecule has 0 radical (unpaired) electrons. The van der Waals surface area contributed by atoms with Gasteiger partial charge < -0.3 is 14.9 Å². The molecular formula is C29H26FN3O3. The molecule has 1 atom stereocenters. The molecule has 1 saturated carbocycles. The van der Waals surface area contributed by atoms with Crippen molar-refractivity contribution in [3.05, 3.63) is 83.2 Å². The highest BCUT2D eigenvalue weighted by Gasteiger charge is 2.36. The summed E-state index contributed by atoms with van der Waals surface area (Å²) < 4.78 is 20.5. The minimum Gasteiger partial charge on any atom is -0.481 e. The van der Waals surface area contributed by atoms with Crippen LogP contribution in [0.25, 0.3) is 34.0 Å². The summed E-state index contributed by atoms with van der Waals surface area (Å²) in [5.74, 6) is -0.744. The van der Waals surface area contributed by atoms with Crippen LogP contribution in [0.4, 0.5) is 4.39 Å². The van der Waals surface area contributed by atoms with E-state index < -0.39 is 11.8 Å². The highest BCUT2D eigenvalue weighted by atomic mass is 19.1. The summed E-state index contributed by atoms with van der Waals surface area (Å²) in [6, 6.07) is 19.6. The average Bonchev–Trinajstić information content (AvgIpc) is 3.50. The zero-order valence-electron chi connectivity index (χ0n) is 19.9. The van der Waals surface area contributed by atoms with Gasteiger partial charge in [0.1, 0.15) is 5.82 Å². The van der Waals surface area contributed by atoms with Crippen molar-refractivity contribution in [3.63, 3.8) is 0 Å². The Bertz CT molecular complexity index is 1440. The third-order valence-electron chi connectivity index (χ3n) is 7.46. The molecule has 36 heavy (non-hydrogen) atoms. The Morgan fingerprint density at radius 3 is 2.64 bits per heavy atom. The SMILES string of the molecule is Cc1cc(-c2nc(-c3ccc4c(c3)CCC4NC3CC(C(=O)O)C3)no2)c(F)cc1-c1ccccc1. The van der Waals surface area contributed by atoms with Gasteiger partial charge in [0.15, 0.2) is 0 Å². The maximum Gasteiger partial charge on any atom is 0.306 e. The number of carboxylic acids is 1. The molecule has 2 N–H and O–H groups in total. The van der Waals surface area contributed by atoms with Gasteiger partial charge in [-0.05, 0) is 78.6 Å². The van der Waals surface area contributed by atoms with E-state index in [1.54, 1.807) is 6.07 Å². The van der Waals surface area contributed by atoms with Crippen LogP contribution >= 0.6 is 0 Å². The lowest BCUT2D eigenvalue weighted by Crippen LogP contribution is -2.45. The Morgan fingerprint density at radius 2 is 1.86 bits per heavy atom. The number of halogens is 1. The van der Waals surface area contributed by atoms with Gasteiger partial charge in [-0.15, -0.1) is 0 Å². The van der Waals surface area contributed by atoms with Crippen LogP contribution in [0.1, 0.15) is 42.0 Å². The van der Waals surface area contributed by atoms with Crippen LogP contribution in [0.15, 0.2) is 65.2 Å². The summed E-state index contributed by atoms with van der Waals surface area (Å²) in [6.45, 7) is 1.94. The Balaban J connectivity index is 1.21. The number of rotatable bonds is 6. The number of aliphatic carboxylic acids is 1. The number of hydrogen-bond acceptors (Lipinski definition) is 5. The van der Waals surface area contributed by atoms with Gasteiger partial charge in [-0.3, -0.25) is 4.79 Å². The highest BCUT2D eigenvalue weighted by Crippen LogP contribution is 2.38. The van der Waals surface area contributed by atoms with Crippen molar-refractivity contribution < 1.29 is 18.8 Å². The molecule has 4 aromatic rings. The summed E-state index contributed by atoms with van der Waals surface area (Å²) in [6.07, 6.45) is 3.28. The first-order valence-corrected chi connectivity index (χ1v) is 12.3. The van der Waals surface area contributed by atoms with Crippen molar-refractivity contribution in [1.29, 1.82) is 0 Å². The molecule has 1 unspecified atom stereocenters. The topological polar surface area (TPSA) is 88.2 Å². The minimum atomic E-state index is -0.703. The van der Waals surface area contributed by atoms with Gasteiger partial charge in [-0.2, -0.15) is 4.98 Å². The lowest BCUT2D eigenvalue weighted by molar-refractivity contribution is -0.145. The normalized spacial score (nSPS) is 20.7. The number of hydrogen-bond donors (Lipinski definition) is 2. The number of aryl methyl sites for hydroxylation is 2. The highest BCUT2D eigenvalue weighted by molar-refractivity contribution is 5.72. The summed E-state index contributed by atoms with van der Waals surface area (Å²) in [5.41, 5.74) is 6.29. The van der Waals surface area contributed by atoms with E-state index in [1.165, 1.54) is 17.2 Å². The van der Waals surface area contributed by atoms with Gasteiger partial charge in [-0.25, -0.2) is 4.39 Å². The number of carbonyl (C=O) groups is 1. The van der Waals surface area contributed by atoms with Crippen molar-refractivity contribution in [3.8, 4) is 34.0 Å². The molecule has 0 spiro atoms. The Kier molecular flexibility index (Phi) is 5.64. The van der Waals surface area contributed by atoms with Gasteiger partial charge in [0, 0.05) is 17.6 Å². The molecule has 6 rings (SSSR count). The summed E-state index contributed by atoms with van der Waals surface area (Å²) in [7, 11) is 0. The zero-order chi connectivity index (χ0) is 24.8.